The Bertz CT molecular complexity index is 962. The van der Waals surface area contributed by atoms with E-state index in [4.69, 9.17) is 0 Å². The lowest BCUT2D eigenvalue weighted by molar-refractivity contribution is 0.678. The molecule has 2 aromatic carbocycles. The number of para-hydroxylation sites is 2. The maximum atomic E-state index is 13.0. The third-order valence-corrected chi connectivity index (χ3v) is 4.87. The standard InChI is InChI=1S/C18H13N3OS/c22-23(18-20-15-9-2-3-10-16(15)21-18)17-11-4-1-7-13(17)14-8-5-6-12-19-14/h1-12H,(H,20,21). The molecule has 112 valence electrons. The zero-order valence-electron chi connectivity index (χ0n) is 12.1. The highest BCUT2D eigenvalue weighted by Crippen LogP contribution is 2.27. The number of H-pyrrole nitrogens is 1. The van der Waals surface area contributed by atoms with Gasteiger partial charge < -0.3 is 4.98 Å². The Morgan fingerprint density at radius 2 is 1.65 bits per heavy atom. The Balaban J connectivity index is 1.83. The lowest BCUT2D eigenvalue weighted by Crippen LogP contribution is -1.98. The fourth-order valence-corrected chi connectivity index (χ4v) is 3.65. The van der Waals surface area contributed by atoms with E-state index in [1.807, 2.05) is 66.7 Å². The molecule has 0 amide bonds. The molecule has 1 unspecified atom stereocenters. The summed E-state index contributed by atoms with van der Waals surface area (Å²) in [4.78, 5) is 12.7. The molecule has 0 radical (unpaired) electrons. The van der Waals surface area contributed by atoms with Crippen molar-refractivity contribution in [2.24, 2.45) is 0 Å². The molecule has 0 fully saturated rings. The van der Waals surface area contributed by atoms with E-state index in [1.54, 1.807) is 6.20 Å². The van der Waals surface area contributed by atoms with Gasteiger partial charge in [0, 0.05) is 11.8 Å². The van der Waals surface area contributed by atoms with Gasteiger partial charge in [0.05, 0.1) is 21.6 Å². The van der Waals surface area contributed by atoms with Crippen LogP contribution in [0.3, 0.4) is 0 Å². The minimum absolute atomic E-state index is 0.453. The van der Waals surface area contributed by atoms with E-state index in [9.17, 15) is 4.21 Å². The van der Waals surface area contributed by atoms with Crippen molar-refractivity contribution in [3.8, 4) is 11.3 Å². The lowest BCUT2D eigenvalue weighted by Gasteiger charge is -2.07. The molecule has 0 spiro atoms. The minimum atomic E-state index is -1.40. The molecule has 1 N–H and O–H groups in total. The highest BCUT2D eigenvalue weighted by atomic mass is 32.2. The molecular weight excluding hydrogens is 306 g/mol. The number of imidazole rings is 1. The van der Waals surface area contributed by atoms with Crippen LogP contribution in [0.1, 0.15) is 0 Å². The fourth-order valence-electron chi connectivity index (χ4n) is 2.48. The van der Waals surface area contributed by atoms with E-state index in [0.29, 0.717) is 10.1 Å². The SMILES string of the molecule is O=S(c1nc2ccccc2[nH]1)c1ccccc1-c1ccccn1. The minimum Gasteiger partial charge on any atom is -0.331 e. The number of benzene rings is 2. The van der Waals surface area contributed by atoms with Gasteiger partial charge in [0.25, 0.3) is 0 Å². The van der Waals surface area contributed by atoms with E-state index in [0.717, 1.165) is 22.3 Å². The molecule has 2 heterocycles. The second-order valence-electron chi connectivity index (χ2n) is 5.04. The van der Waals surface area contributed by atoms with Crippen LogP contribution < -0.4 is 0 Å². The van der Waals surface area contributed by atoms with Crippen molar-refractivity contribution in [3.63, 3.8) is 0 Å². The molecule has 4 nitrogen and oxygen atoms in total. The first kappa shape index (κ1) is 13.8. The Kier molecular flexibility index (Phi) is 3.48. The predicted octanol–water partition coefficient (Wildman–Crippen LogP) is 3.79. The molecule has 1 atom stereocenters. The second-order valence-corrected chi connectivity index (χ2v) is 6.40. The van der Waals surface area contributed by atoms with Crippen LogP contribution in [0.5, 0.6) is 0 Å². The average molecular weight is 319 g/mol. The lowest BCUT2D eigenvalue weighted by atomic mass is 10.1. The number of hydrogen-bond donors (Lipinski definition) is 1. The van der Waals surface area contributed by atoms with Gasteiger partial charge in [-0.05, 0) is 30.3 Å². The third kappa shape index (κ3) is 2.55. The quantitative estimate of drug-likeness (QED) is 0.625. The summed E-state index contributed by atoms with van der Waals surface area (Å²) in [6.07, 6.45) is 1.73. The number of pyridine rings is 1. The summed E-state index contributed by atoms with van der Waals surface area (Å²) >= 11 is 0. The van der Waals surface area contributed by atoms with Gasteiger partial charge in [0.2, 0.25) is 5.16 Å². The summed E-state index contributed by atoms with van der Waals surface area (Å²) in [5, 5.41) is 0.453. The van der Waals surface area contributed by atoms with E-state index in [2.05, 4.69) is 15.0 Å². The first-order chi connectivity index (χ1) is 11.3. The van der Waals surface area contributed by atoms with Crippen LogP contribution >= 0.6 is 0 Å². The molecule has 0 saturated heterocycles. The number of rotatable bonds is 3. The van der Waals surface area contributed by atoms with Crippen molar-refractivity contribution < 1.29 is 4.21 Å². The maximum Gasteiger partial charge on any atom is 0.202 e. The molecule has 0 aliphatic rings. The summed E-state index contributed by atoms with van der Waals surface area (Å²) in [5.74, 6) is 0. The van der Waals surface area contributed by atoms with Crippen molar-refractivity contribution in [2.75, 3.05) is 0 Å². The van der Waals surface area contributed by atoms with Crippen LogP contribution in [0.15, 0.2) is 83.0 Å². The van der Waals surface area contributed by atoms with Crippen LogP contribution in [0, 0.1) is 0 Å². The number of aromatic amines is 1. The number of nitrogens with zero attached hydrogens (tertiary/aromatic N) is 2. The summed E-state index contributed by atoms with van der Waals surface area (Å²) in [6.45, 7) is 0. The number of hydrogen-bond acceptors (Lipinski definition) is 3. The number of fused-ring (bicyclic) bond motifs is 1. The first-order valence-electron chi connectivity index (χ1n) is 7.20. The third-order valence-electron chi connectivity index (χ3n) is 3.57. The van der Waals surface area contributed by atoms with Crippen molar-refractivity contribution >= 4 is 21.8 Å². The van der Waals surface area contributed by atoms with Gasteiger partial charge in [-0.1, -0.05) is 36.4 Å². The molecule has 0 aliphatic heterocycles. The molecule has 5 heteroatoms. The highest BCUT2D eigenvalue weighted by Gasteiger charge is 2.16. The molecule has 23 heavy (non-hydrogen) atoms. The normalized spacial score (nSPS) is 12.3. The van der Waals surface area contributed by atoms with E-state index in [1.165, 1.54) is 0 Å². The van der Waals surface area contributed by atoms with Crippen LogP contribution in [-0.4, -0.2) is 19.2 Å². The van der Waals surface area contributed by atoms with Crippen LogP contribution in [-0.2, 0) is 10.8 Å². The molecule has 0 bridgehead atoms. The molecule has 0 aliphatic carbocycles. The molecule has 2 aromatic heterocycles. The van der Waals surface area contributed by atoms with Gasteiger partial charge in [0.15, 0.2) is 0 Å². The zero-order valence-corrected chi connectivity index (χ0v) is 13.0. The molecular formula is C18H13N3OS. The summed E-state index contributed by atoms with van der Waals surface area (Å²) in [6, 6.07) is 20.9. The average Bonchev–Trinajstić information content (AvgIpc) is 3.06. The van der Waals surface area contributed by atoms with Crippen molar-refractivity contribution in [1.82, 2.24) is 15.0 Å². The molecule has 4 rings (SSSR count). The fraction of sp³-hybridized carbons (Fsp3) is 0. The van der Waals surface area contributed by atoms with Gasteiger partial charge in [0.1, 0.15) is 10.8 Å². The van der Waals surface area contributed by atoms with Gasteiger partial charge >= 0.3 is 0 Å². The van der Waals surface area contributed by atoms with Crippen LogP contribution in [0.4, 0.5) is 0 Å². The monoisotopic (exact) mass is 319 g/mol. The van der Waals surface area contributed by atoms with E-state index >= 15 is 0 Å². The topological polar surface area (TPSA) is 58.6 Å². The number of nitrogens with one attached hydrogen (secondary N) is 1. The Morgan fingerprint density at radius 3 is 2.48 bits per heavy atom. The predicted molar refractivity (Wildman–Crippen MR) is 90.4 cm³/mol. The van der Waals surface area contributed by atoms with Gasteiger partial charge in [-0.25, -0.2) is 9.19 Å². The van der Waals surface area contributed by atoms with Gasteiger partial charge in [-0.15, -0.1) is 0 Å². The molecule has 4 aromatic rings. The summed E-state index contributed by atoms with van der Waals surface area (Å²) in [7, 11) is -1.40. The van der Waals surface area contributed by atoms with Crippen molar-refractivity contribution in [1.29, 1.82) is 0 Å². The van der Waals surface area contributed by atoms with Crippen LogP contribution in [0.25, 0.3) is 22.3 Å². The van der Waals surface area contributed by atoms with E-state index in [-0.39, 0.29) is 0 Å². The highest BCUT2D eigenvalue weighted by molar-refractivity contribution is 7.85. The molecule has 0 saturated carbocycles. The maximum absolute atomic E-state index is 13.0. The van der Waals surface area contributed by atoms with Crippen LogP contribution in [0.2, 0.25) is 0 Å². The van der Waals surface area contributed by atoms with Crippen molar-refractivity contribution in [2.45, 2.75) is 10.1 Å². The van der Waals surface area contributed by atoms with E-state index < -0.39 is 10.8 Å². The smallest absolute Gasteiger partial charge is 0.202 e. The second kappa shape index (κ2) is 5.78. The Hall–Kier alpha value is -2.79. The van der Waals surface area contributed by atoms with Gasteiger partial charge in [-0.3, -0.25) is 4.98 Å². The van der Waals surface area contributed by atoms with Gasteiger partial charge in [-0.2, -0.15) is 0 Å². The first-order valence-corrected chi connectivity index (χ1v) is 8.35. The Labute approximate surface area is 135 Å². The zero-order chi connectivity index (χ0) is 15.6. The summed E-state index contributed by atoms with van der Waals surface area (Å²) < 4.78 is 13.0. The van der Waals surface area contributed by atoms with Crippen molar-refractivity contribution in [3.05, 3.63) is 72.9 Å². The number of aromatic nitrogens is 3. The Morgan fingerprint density at radius 1 is 0.870 bits per heavy atom. The largest absolute Gasteiger partial charge is 0.331 e. The summed E-state index contributed by atoms with van der Waals surface area (Å²) in [5.41, 5.74) is 3.34.